The van der Waals surface area contributed by atoms with Gasteiger partial charge in [-0.1, -0.05) is 310 Å². The summed E-state index contributed by atoms with van der Waals surface area (Å²) in [6.45, 7) is 5.13. The lowest BCUT2D eigenvalue weighted by atomic mass is 9.83. The van der Waals surface area contributed by atoms with Gasteiger partial charge in [0.15, 0.2) is 12.2 Å². The van der Waals surface area contributed by atoms with Crippen LogP contribution in [0.2, 0.25) is 0 Å². The first-order valence-electron chi connectivity index (χ1n) is 31.0. The zero-order chi connectivity index (χ0) is 53.1. The van der Waals surface area contributed by atoms with E-state index in [-0.39, 0.29) is 32.7 Å². The molecule has 0 aliphatic heterocycles. The summed E-state index contributed by atoms with van der Waals surface area (Å²) >= 11 is 0. The van der Waals surface area contributed by atoms with Crippen molar-refractivity contribution in [2.24, 2.45) is 0 Å². The molecule has 0 heterocycles. The minimum atomic E-state index is -1.37. The zero-order valence-corrected chi connectivity index (χ0v) is 47.5. The summed E-state index contributed by atoms with van der Waals surface area (Å²) in [6.07, 6.45) is 36.7. The van der Waals surface area contributed by atoms with E-state index in [1.165, 1.54) is 173 Å². The van der Waals surface area contributed by atoms with Crippen LogP contribution in [0.1, 0.15) is 262 Å². The van der Waals surface area contributed by atoms with Gasteiger partial charge >= 0.3 is 11.9 Å². The van der Waals surface area contributed by atoms with Crippen molar-refractivity contribution in [1.29, 1.82) is 0 Å². The van der Waals surface area contributed by atoms with Crippen molar-refractivity contribution in [3.63, 3.8) is 0 Å². The van der Waals surface area contributed by atoms with Gasteiger partial charge in [-0.2, -0.15) is 0 Å². The third kappa shape index (κ3) is 29.7. The molecule has 0 radical (unpaired) electrons. The van der Waals surface area contributed by atoms with E-state index in [9.17, 15) is 14.7 Å². The molecule has 0 bridgehead atoms. The summed E-state index contributed by atoms with van der Waals surface area (Å²) in [5, 5.41) is 12.4. The second kappa shape index (κ2) is 43.4. The molecule has 1 saturated carbocycles. The van der Waals surface area contributed by atoms with Gasteiger partial charge in [0, 0.05) is 12.8 Å². The Morgan fingerprint density at radius 2 is 0.560 bits per heavy atom. The van der Waals surface area contributed by atoms with Gasteiger partial charge in [0.2, 0.25) is 0 Å². The Labute approximate surface area is 457 Å². The summed E-state index contributed by atoms with van der Waals surface area (Å²) in [6, 6.07) is 29.5. The van der Waals surface area contributed by atoms with Crippen LogP contribution < -0.4 is 0 Å². The van der Waals surface area contributed by atoms with E-state index in [4.69, 9.17) is 23.7 Å². The standard InChI is InChI=1S/C67H106O8/c1-3-5-7-9-11-13-15-17-19-21-23-25-27-29-31-33-44-52-60(68)74-64-62(70)63(71-54-57-46-38-35-39-47-57)65(72-55-58-48-40-36-41-49-58)66(73-56-59-50-42-37-43-51-59)67(64)75-61(69)53-45-34-32-30-28-26-24-22-20-18-16-14-12-10-8-6-4-2/h35-43,46-51,62-67,70H,3-34,44-45,52-56H2,1-2H3/t62-,63-,64+,65+,66-,67+/m1/s1. The number of hydrogen-bond acceptors (Lipinski definition) is 8. The van der Waals surface area contributed by atoms with Gasteiger partial charge in [0.25, 0.3) is 0 Å². The fraction of sp³-hybridized carbons (Fsp3) is 0.701. The van der Waals surface area contributed by atoms with E-state index in [0.29, 0.717) is 12.8 Å². The van der Waals surface area contributed by atoms with Gasteiger partial charge in [-0.15, -0.1) is 0 Å². The normalized spacial score (nSPS) is 18.5. The number of rotatable bonds is 47. The van der Waals surface area contributed by atoms with Gasteiger partial charge in [-0.3, -0.25) is 9.59 Å². The number of carbonyl (C=O) groups excluding carboxylic acids is 2. The number of ether oxygens (including phenoxy) is 5. The summed E-state index contributed by atoms with van der Waals surface area (Å²) in [5.41, 5.74) is 2.78. The Kier molecular flexibility index (Phi) is 37.0. The maximum atomic E-state index is 14.0. The number of unbranched alkanes of at least 4 members (excludes halogenated alkanes) is 32. The van der Waals surface area contributed by atoms with E-state index in [2.05, 4.69) is 13.8 Å². The van der Waals surface area contributed by atoms with Crippen LogP contribution in [0.4, 0.5) is 0 Å². The predicted octanol–water partition coefficient (Wildman–Crippen LogP) is 18.0. The molecule has 4 rings (SSSR count). The lowest BCUT2D eigenvalue weighted by Gasteiger charge is -2.47. The van der Waals surface area contributed by atoms with E-state index < -0.39 is 48.6 Å². The molecule has 8 nitrogen and oxygen atoms in total. The second-order valence-electron chi connectivity index (χ2n) is 22.0. The highest BCUT2D eigenvalue weighted by Gasteiger charge is 2.56. The van der Waals surface area contributed by atoms with Crippen LogP contribution in [0.15, 0.2) is 91.0 Å². The highest BCUT2D eigenvalue weighted by atomic mass is 16.6. The van der Waals surface area contributed by atoms with Crippen molar-refractivity contribution < 1.29 is 38.4 Å². The second-order valence-corrected chi connectivity index (χ2v) is 22.0. The lowest BCUT2D eigenvalue weighted by Crippen LogP contribution is -2.67. The molecular weight excluding hydrogens is 933 g/mol. The molecule has 1 fully saturated rings. The molecule has 1 N–H and O–H groups in total. The highest BCUT2D eigenvalue weighted by molar-refractivity contribution is 5.71. The number of hydrogen-bond donors (Lipinski definition) is 1. The predicted molar refractivity (Wildman–Crippen MR) is 308 cm³/mol. The Morgan fingerprint density at radius 1 is 0.320 bits per heavy atom. The molecule has 0 unspecified atom stereocenters. The summed E-state index contributed by atoms with van der Waals surface area (Å²) in [5.74, 6) is -0.831. The number of aliphatic hydroxyl groups excluding tert-OH is 1. The molecule has 0 amide bonds. The minimum Gasteiger partial charge on any atom is -0.455 e. The molecule has 0 aromatic heterocycles. The van der Waals surface area contributed by atoms with Crippen molar-refractivity contribution in [3.05, 3.63) is 108 Å². The van der Waals surface area contributed by atoms with Gasteiger partial charge < -0.3 is 28.8 Å². The van der Waals surface area contributed by atoms with Gasteiger partial charge in [0.1, 0.15) is 24.4 Å². The molecular formula is C67H106O8. The Bertz CT molecular complexity index is 1770. The van der Waals surface area contributed by atoms with Gasteiger partial charge in [-0.05, 0) is 29.5 Å². The quantitative estimate of drug-likeness (QED) is 0.0441. The monoisotopic (exact) mass is 1040 g/mol. The largest absolute Gasteiger partial charge is 0.455 e. The van der Waals surface area contributed by atoms with E-state index >= 15 is 0 Å². The first-order valence-corrected chi connectivity index (χ1v) is 31.0. The molecule has 3 aromatic carbocycles. The number of aliphatic hydroxyl groups is 1. The van der Waals surface area contributed by atoms with Gasteiger partial charge in [0.05, 0.1) is 19.8 Å². The fourth-order valence-electron chi connectivity index (χ4n) is 10.7. The molecule has 422 valence electrons. The third-order valence-corrected chi connectivity index (χ3v) is 15.3. The van der Waals surface area contributed by atoms with Crippen LogP contribution >= 0.6 is 0 Å². The molecule has 1 aliphatic rings. The van der Waals surface area contributed by atoms with Gasteiger partial charge in [-0.25, -0.2) is 0 Å². The number of benzene rings is 3. The van der Waals surface area contributed by atoms with Crippen LogP contribution in [0.3, 0.4) is 0 Å². The van der Waals surface area contributed by atoms with Crippen molar-refractivity contribution in [3.8, 4) is 0 Å². The zero-order valence-electron chi connectivity index (χ0n) is 47.5. The maximum absolute atomic E-state index is 14.0. The van der Waals surface area contributed by atoms with Crippen LogP contribution in [0.5, 0.6) is 0 Å². The molecule has 0 saturated heterocycles. The Morgan fingerprint density at radius 3 is 0.853 bits per heavy atom. The topological polar surface area (TPSA) is 101 Å². The van der Waals surface area contributed by atoms with E-state index in [1.54, 1.807) is 0 Å². The van der Waals surface area contributed by atoms with Crippen LogP contribution in [0.25, 0.3) is 0 Å². The summed E-state index contributed by atoms with van der Waals surface area (Å²) in [7, 11) is 0. The fourth-order valence-corrected chi connectivity index (χ4v) is 10.7. The Hall–Kier alpha value is -3.56. The van der Waals surface area contributed by atoms with Crippen LogP contribution in [-0.4, -0.2) is 53.7 Å². The first-order chi connectivity index (χ1) is 37.0. The lowest BCUT2D eigenvalue weighted by molar-refractivity contribution is -0.272. The van der Waals surface area contributed by atoms with Crippen molar-refractivity contribution in [1.82, 2.24) is 0 Å². The maximum Gasteiger partial charge on any atom is 0.306 e. The van der Waals surface area contributed by atoms with Crippen molar-refractivity contribution in [2.75, 3.05) is 0 Å². The minimum absolute atomic E-state index is 0.183. The Balaban J connectivity index is 1.34. The number of carbonyl (C=O) groups is 2. The molecule has 3 aromatic rings. The molecule has 6 atom stereocenters. The van der Waals surface area contributed by atoms with E-state index in [1.807, 2.05) is 91.0 Å². The van der Waals surface area contributed by atoms with Crippen molar-refractivity contribution in [2.45, 2.75) is 301 Å². The average Bonchev–Trinajstić information content (AvgIpc) is 3.43. The van der Waals surface area contributed by atoms with Crippen LogP contribution in [0, 0.1) is 0 Å². The van der Waals surface area contributed by atoms with Crippen LogP contribution in [-0.2, 0) is 53.1 Å². The molecule has 8 heteroatoms. The third-order valence-electron chi connectivity index (χ3n) is 15.3. The highest BCUT2D eigenvalue weighted by Crippen LogP contribution is 2.35. The first kappa shape index (κ1) is 64.0. The molecule has 75 heavy (non-hydrogen) atoms. The molecule has 0 spiro atoms. The average molecular weight is 1040 g/mol. The summed E-state index contributed by atoms with van der Waals surface area (Å²) < 4.78 is 32.8. The summed E-state index contributed by atoms with van der Waals surface area (Å²) in [4.78, 5) is 27.9. The SMILES string of the molecule is CCCCCCCCCCCCCCCCCCCC(=O)O[C@@H]1[C@H](OCc2ccccc2)[C@@H](OCc2ccccc2)[C@H](OCc2ccccc2)[C@@H](O)[C@@H]1OC(=O)CCCCCCCCCCCCCCCCCCC. The molecule has 1 aliphatic carbocycles. The van der Waals surface area contributed by atoms with Crippen molar-refractivity contribution >= 4 is 11.9 Å². The van der Waals surface area contributed by atoms with E-state index in [0.717, 1.165) is 48.8 Å². The number of esters is 2. The smallest absolute Gasteiger partial charge is 0.306 e.